The van der Waals surface area contributed by atoms with E-state index in [0.29, 0.717) is 35.6 Å². The van der Waals surface area contributed by atoms with Gasteiger partial charge in [-0.25, -0.2) is 0 Å². The SMILES string of the molecule is CC(CCC(=O)NCCCl)C1CCC2C3CCC4CCCCC4(C)C3CCC12C.CCC. The number of carbonyl (C=O) groups excluding carboxylic acids is 1. The van der Waals surface area contributed by atoms with Gasteiger partial charge in [-0.15, -0.1) is 11.6 Å². The minimum atomic E-state index is 0.185. The molecule has 0 heterocycles. The van der Waals surface area contributed by atoms with Crippen molar-refractivity contribution in [2.24, 2.45) is 46.3 Å². The molecule has 0 aromatic heterocycles. The van der Waals surface area contributed by atoms with Crippen LogP contribution in [-0.4, -0.2) is 18.3 Å². The maximum absolute atomic E-state index is 12.1. The number of halogens is 1. The Morgan fingerprint density at radius 2 is 1.69 bits per heavy atom. The summed E-state index contributed by atoms with van der Waals surface area (Å²) in [5, 5.41) is 2.94. The van der Waals surface area contributed by atoms with Crippen LogP contribution in [0, 0.1) is 46.3 Å². The van der Waals surface area contributed by atoms with Crippen LogP contribution >= 0.6 is 11.6 Å². The van der Waals surface area contributed by atoms with Gasteiger partial charge in [-0.1, -0.05) is 53.9 Å². The van der Waals surface area contributed by atoms with Gasteiger partial charge in [0.25, 0.3) is 0 Å². The molecule has 1 N–H and O–H groups in total. The van der Waals surface area contributed by atoms with E-state index in [9.17, 15) is 4.79 Å². The Kier molecular flexibility index (Phi) is 9.44. The highest BCUT2D eigenvalue weighted by atomic mass is 35.5. The molecular formula is C29H52ClNO. The summed E-state index contributed by atoms with van der Waals surface area (Å²) < 4.78 is 0. The van der Waals surface area contributed by atoms with E-state index in [1.165, 1.54) is 70.6 Å². The second-order valence-corrected chi connectivity index (χ2v) is 12.8. The zero-order chi connectivity index (χ0) is 23.4. The molecule has 1 amide bonds. The van der Waals surface area contributed by atoms with Crippen molar-refractivity contribution in [2.75, 3.05) is 12.4 Å². The van der Waals surface area contributed by atoms with Gasteiger partial charge in [0.15, 0.2) is 0 Å². The lowest BCUT2D eigenvalue weighted by Crippen LogP contribution is -2.53. The van der Waals surface area contributed by atoms with Crippen LogP contribution in [0.15, 0.2) is 0 Å². The third kappa shape index (κ3) is 5.21. The average molecular weight is 466 g/mol. The molecule has 186 valence electrons. The molecule has 2 nitrogen and oxygen atoms in total. The second-order valence-electron chi connectivity index (χ2n) is 12.4. The summed E-state index contributed by atoms with van der Waals surface area (Å²) in [5.74, 6) is 6.10. The van der Waals surface area contributed by atoms with E-state index in [1.807, 2.05) is 0 Å². The predicted molar refractivity (Wildman–Crippen MR) is 138 cm³/mol. The lowest BCUT2D eigenvalue weighted by Gasteiger charge is -2.61. The van der Waals surface area contributed by atoms with Crippen LogP contribution in [0.25, 0.3) is 0 Å². The van der Waals surface area contributed by atoms with Gasteiger partial charge in [-0.2, -0.15) is 0 Å². The number of rotatable bonds is 6. The third-order valence-electron chi connectivity index (χ3n) is 10.6. The summed E-state index contributed by atoms with van der Waals surface area (Å²) in [7, 11) is 0. The molecule has 8 atom stereocenters. The van der Waals surface area contributed by atoms with Gasteiger partial charge >= 0.3 is 0 Å². The van der Waals surface area contributed by atoms with Crippen molar-refractivity contribution in [1.82, 2.24) is 5.32 Å². The fraction of sp³-hybridized carbons (Fsp3) is 0.966. The molecule has 0 saturated heterocycles. The van der Waals surface area contributed by atoms with E-state index in [4.69, 9.17) is 11.6 Å². The van der Waals surface area contributed by atoms with E-state index in [0.717, 1.165) is 36.0 Å². The Morgan fingerprint density at radius 3 is 2.41 bits per heavy atom. The standard InChI is InChI=1S/C26H44ClNO.C3H8/c1-18(7-12-24(29)28-17-16-27)21-10-11-22-20-9-8-19-6-4-5-14-25(19,2)23(20)13-15-26(21,22)3;1-3-2/h18-23H,4-17H2,1-3H3,(H,28,29);3H2,1-2H3. The molecule has 4 aliphatic carbocycles. The zero-order valence-electron chi connectivity index (χ0n) is 21.9. The first kappa shape index (κ1) is 26.4. The molecule has 3 heteroatoms. The first-order chi connectivity index (χ1) is 15.3. The van der Waals surface area contributed by atoms with Crippen LogP contribution in [0.4, 0.5) is 0 Å². The number of amides is 1. The smallest absolute Gasteiger partial charge is 0.220 e. The van der Waals surface area contributed by atoms with Crippen LogP contribution in [0.5, 0.6) is 0 Å². The molecule has 0 bridgehead atoms. The van der Waals surface area contributed by atoms with Crippen molar-refractivity contribution in [3.05, 3.63) is 0 Å². The van der Waals surface area contributed by atoms with Gasteiger partial charge in [0.1, 0.15) is 0 Å². The Bertz CT molecular complexity index is 608. The number of hydrogen-bond donors (Lipinski definition) is 1. The van der Waals surface area contributed by atoms with Crippen LogP contribution in [0.1, 0.15) is 118 Å². The molecule has 4 rings (SSSR count). The molecule has 0 aromatic carbocycles. The summed E-state index contributed by atoms with van der Waals surface area (Å²) in [6.07, 6.45) is 17.7. The van der Waals surface area contributed by atoms with Crippen LogP contribution in [0.3, 0.4) is 0 Å². The molecule has 4 fully saturated rings. The van der Waals surface area contributed by atoms with Crippen molar-refractivity contribution >= 4 is 17.5 Å². The quantitative estimate of drug-likeness (QED) is 0.393. The number of carbonyl (C=O) groups is 1. The molecule has 0 spiro atoms. The van der Waals surface area contributed by atoms with E-state index >= 15 is 0 Å². The first-order valence-corrected chi connectivity index (χ1v) is 14.7. The van der Waals surface area contributed by atoms with Gasteiger partial charge in [-0.3, -0.25) is 4.79 Å². The van der Waals surface area contributed by atoms with Crippen molar-refractivity contribution in [1.29, 1.82) is 0 Å². The highest BCUT2D eigenvalue weighted by Gasteiger charge is 2.60. The average Bonchev–Trinajstić information content (AvgIpc) is 3.13. The van der Waals surface area contributed by atoms with Crippen LogP contribution in [0.2, 0.25) is 0 Å². The van der Waals surface area contributed by atoms with Gasteiger partial charge in [0.05, 0.1) is 0 Å². The Morgan fingerprint density at radius 1 is 0.969 bits per heavy atom. The highest BCUT2D eigenvalue weighted by Crippen LogP contribution is 2.68. The molecule has 4 aliphatic rings. The zero-order valence-corrected chi connectivity index (χ0v) is 22.6. The largest absolute Gasteiger partial charge is 0.355 e. The molecule has 8 unspecified atom stereocenters. The Balaban J connectivity index is 0.000000913. The van der Waals surface area contributed by atoms with Crippen molar-refractivity contribution in [3.63, 3.8) is 0 Å². The maximum Gasteiger partial charge on any atom is 0.220 e. The summed E-state index contributed by atoms with van der Waals surface area (Å²) in [6.45, 7) is 12.6. The van der Waals surface area contributed by atoms with Crippen molar-refractivity contribution in [2.45, 2.75) is 118 Å². The van der Waals surface area contributed by atoms with Crippen molar-refractivity contribution < 1.29 is 4.79 Å². The summed E-state index contributed by atoms with van der Waals surface area (Å²) in [6, 6.07) is 0. The molecular weight excluding hydrogens is 414 g/mol. The minimum Gasteiger partial charge on any atom is -0.355 e. The summed E-state index contributed by atoms with van der Waals surface area (Å²) in [5.41, 5.74) is 1.16. The van der Waals surface area contributed by atoms with Gasteiger partial charge in [0, 0.05) is 18.8 Å². The third-order valence-corrected chi connectivity index (χ3v) is 10.8. The summed E-state index contributed by atoms with van der Waals surface area (Å²) >= 11 is 5.70. The fourth-order valence-corrected chi connectivity index (χ4v) is 9.20. The number of hydrogen-bond acceptors (Lipinski definition) is 1. The fourth-order valence-electron chi connectivity index (χ4n) is 9.11. The molecule has 0 radical (unpaired) electrons. The topological polar surface area (TPSA) is 29.1 Å². The molecule has 0 aromatic rings. The predicted octanol–water partition coefficient (Wildman–Crippen LogP) is 8.22. The van der Waals surface area contributed by atoms with E-state index in [2.05, 4.69) is 39.9 Å². The van der Waals surface area contributed by atoms with E-state index in [1.54, 1.807) is 0 Å². The normalized spacial score (nSPS) is 41.4. The first-order valence-electron chi connectivity index (χ1n) is 14.1. The van der Waals surface area contributed by atoms with Crippen molar-refractivity contribution in [3.8, 4) is 0 Å². The monoisotopic (exact) mass is 465 g/mol. The maximum atomic E-state index is 12.1. The van der Waals surface area contributed by atoms with Gasteiger partial charge < -0.3 is 5.32 Å². The number of alkyl halides is 1. The highest BCUT2D eigenvalue weighted by molar-refractivity contribution is 6.18. The number of nitrogens with one attached hydrogen (secondary N) is 1. The molecule has 0 aliphatic heterocycles. The molecule has 32 heavy (non-hydrogen) atoms. The van der Waals surface area contributed by atoms with Crippen LogP contribution in [-0.2, 0) is 4.79 Å². The lowest BCUT2D eigenvalue weighted by atomic mass is 9.44. The Hall–Kier alpha value is -0.240. The van der Waals surface area contributed by atoms with Gasteiger partial charge in [-0.05, 0) is 104 Å². The van der Waals surface area contributed by atoms with Gasteiger partial charge in [0.2, 0.25) is 5.91 Å². The Labute approximate surface area is 204 Å². The summed E-state index contributed by atoms with van der Waals surface area (Å²) in [4.78, 5) is 12.1. The second kappa shape index (κ2) is 11.5. The lowest BCUT2D eigenvalue weighted by molar-refractivity contribution is -0.122. The number of fused-ring (bicyclic) bond motifs is 5. The van der Waals surface area contributed by atoms with E-state index < -0.39 is 0 Å². The van der Waals surface area contributed by atoms with E-state index in [-0.39, 0.29) is 5.91 Å². The minimum absolute atomic E-state index is 0.185. The van der Waals surface area contributed by atoms with Crippen LogP contribution < -0.4 is 5.32 Å². The molecule has 4 saturated carbocycles.